The van der Waals surface area contributed by atoms with Gasteiger partial charge in [0.2, 0.25) is 5.91 Å². The molecule has 0 bridgehead atoms. The number of aromatic nitrogens is 5. The van der Waals surface area contributed by atoms with Gasteiger partial charge in [-0.1, -0.05) is 6.92 Å². The third kappa shape index (κ3) is 5.01. The molecule has 4 aromatic heterocycles. The van der Waals surface area contributed by atoms with Crippen LogP contribution >= 0.6 is 0 Å². The second-order valence-corrected chi connectivity index (χ2v) is 9.25. The van der Waals surface area contributed by atoms with Crippen molar-refractivity contribution in [1.29, 1.82) is 0 Å². The minimum atomic E-state index is -0.0514. The van der Waals surface area contributed by atoms with E-state index in [4.69, 9.17) is 4.98 Å². The fourth-order valence-corrected chi connectivity index (χ4v) is 4.57. The third-order valence-corrected chi connectivity index (χ3v) is 6.59. The number of aromatic amines is 2. The van der Waals surface area contributed by atoms with Gasteiger partial charge >= 0.3 is 0 Å². The zero-order chi connectivity index (χ0) is 25.9. The number of nitrogens with one attached hydrogen (secondary N) is 3. The summed E-state index contributed by atoms with van der Waals surface area (Å²) in [6.07, 6.45) is 7.49. The van der Waals surface area contributed by atoms with E-state index < -0.39 is 0 Å². The summed E-state index contributed by atoms with van der Waals surface area (Å²) in [6.45, 7) is 11.2. The third-order valence-electron chi connectivity index (χ3n) is 6.59. The van der Waals surface area contributed by atoms with Crippen molar-refractivity contribution in [3.8, 4) is 11.4 Å². The average molecular weight is 498 g/mol. The van der Waals surface area contributed by atoms with Gasteiger partial charge in [0, 0.05) is 67.0 Å². The summed E-state index contributed by atoms with van der Waals surface area (Å²) in [4.78, 5) is 33.3. The van der Waals surface area contributed by atoms with Gasteiger partial charge in [-0.05, 0) is 45.0 Å². The first-order chi connectivity index (χ1) is 18.0. The first-order valence-electron chi connectivity index (χ1n) is 12.4. The smallest absolute Gasteiger partial charge is 0.223 e. The lowest BCUT2D eigenvalue weighted by Gasteiger charge is -2.33. The molecule has 1 amide bonds. The SMILES string of the molecule is C=N/C=C(\C=C(/C)NC(=O)CC)c1cc2c(-c3cc4c(N5CCN(C)CC5)nccc4[nH]3)n[nH]c2cn1. The van der Waals surface area contributed by atoms with E-state index in [1.807, 2.05) is 38.3 Å². The zero-order valence-electron chi connectivity index (χ0n) is 21.4. The van der Waals surface area contributed by atoms with Gasteiger partial charge in [0.05, 0.1) is 28.6 Å². The molecule has 10 nitrogen and oxygen atoms in total. The van der Waals surface area contributed by atoms with Crippen molar-refractivity contribution < 1.29 is 4.79 Å². The standard InChI is InChI=1S/C27H31N9O/c1-5-25(37)31-17(2)12-18(15-28-3)22-13-19-24(16-30-22)33-34-26(19)23-14-20-21(32-23)6-7-29-27(20)36-10-8-35(4)9-11-36/h6-7,12-16,32H,3,5,8-11H2,1-2,4H3,(H,31,37)(H,33,34)/b17-12+,18-15+. The Hall–Kier alpha value is -4.31. The number of hydrogen-bond donors (Lipinski definition) is 3. The van der Waals surface area contributed by atoms with Crippen LogP contribution in [0.4, 0.5) is 5.82 Å². The molecule has 0 saturated carbocycles. The molecule has 0 aliphatic carbocycles. The number of aliphatic imine (C=N–C) groups is 1. The van der Waals surface area contributed by atoms with Gasteiger partial charge in [-0.15, -0.1) is 0 Å². The molecule has 0 aromatic carbocycles. The van der Waals surface area contributed by atoms with Crippen LogP contribution in [0.25, 0.3) is 38.8 Å². The molecule has 0 spiro atoms. The largest absolute Gasteiger partial charge is 0.353 e. The highest BCUT2D eigenvalue weighted by Gasteiger charge is 2.20. The first kappa shape index (κ1) is 24.4. The van der Waals surface area contributed by atoms with Crippen molar-refractivity contribution >= 4 is 45.8 Å². The van der Waals surface area contributed by atoms with Crippen LogP contribution in [-0.4, -0.2) is 75.9 Å². The Morgan fingerprint density at radius 3 is 2.76 bits per heavy atom. The van der Waals surface area contributed by atoms with Gasteiger partial charge < -0.3 is 20.1 Å². The van der Waals surface area contributed by atoms with Gasteiger partial charge in [0.15, 0.2) is 0 Å². The number of carbonyl (C=O) groups excluding carboxylic acids is 1. The maximum atomic E-state index is 11.8. The number of fused-ring (bicyclic) bond motifs is 2. The second-order valence-electron chi connectivity index (χ2n) is 9.25. The van der Waals surface area contributed by atoms with E-state index in [1.165, 1.54) is 0 Å². The minimum Gasteiger partial charge on any atom is -0.353 e. The van der Waals surface area contributed by atoms with E-state index in [-0.39, 0.29) is 5.91 Å². The molecule has 37 heavy (non-hydrogen) atoms. The fourth-order valence-electron chi connectivity index (χ4n) is 4.57. The number of H-pyrrole nitrogens is 2. The number of amides is 1. The molecular formula is C27H31N9O. The molecule has 0 radical (unpaired) electrons. The normalized spacial score (nSPS) is 15.5. The van der Waals surface area contributed by atoms with Crippen molar-refractivity contribution in [3.63, 3.8) is 0 Å². The van der Waals surface area contributed by atoms with Crippen LogP contribution in [0.1, 0.15) is 26.0 Å². The number of allylic oxidation sites excluding steroid dienone is 3. The van der Waals surface area contributed by atoms with Crippen LogP contribution in [-0.2, 0) is 4.79 Å². The van der Waals surface area contributed by atoms with Crippen LogP contribution < -0.4 is 10.2 Å². The lowest BCUT2D eigenvalue weighted by molar-refractivity contribution is -0.120. The molecule has 5 heterocycles. The predicted molar refractivity (Wildman–Crippen MR) is 148 cm³/mol. The Morgan fingerprint density at radius 2 is 2.00 bits per heavy atom. The molecule has 4 aromatic rings. The monoisotopic (exact) mass is 497 g/mol. The maximum Gasteiger partial charge on any atom is 0.223 e. The number of hydrogen-bond acceptors (Lipinski definition) is 7. The van der Waals surface area contributed by atoms with Crippen LogP contribution in [0.2, 0.25) is 0 Å². The Morgan fingerprint density at radius 1 is 1.19 bits per heavy atom. The quantitative estimate of drug-likeness (QED) is 0.265. The van der Waals surface area contributed by atoms with Gasteiger partial charge in [0.25, 0.3) is 0 Å². The Balaban J connectivity index is 1.53. The number of piperazine rings is 1. The molecule has 1 aliphatic rings. The van der Waals surface area contributed by atoms with Crippen molar-refractivity contribution in [3.05, 3.63) is 54.3 Å². The van der Waals surface area contributed by atoms with E-state index in [2.05, 4.69) is 60.1 Å². The van der Waals surface area contributed by atoms with Crippen molar-refractivity contribution in [2.75, 3.05) is 38.1 Å². The lowest BCUT2D eigenvalue weighted by Crippen LogP contribution is -2.44. The Bertz CT molecular complexity index is 1520. The summed E-state index contributed by atoms with van der Waals surface area (Å²) in [5.41, 5.74) is 5.67. The van der Waals surface area contributed by atoms with Crippen LogP contribution in [0, 0.1) is 0 Å². The molecule has 3 N–H and O–H groups in total. The number of carbonyl (C=O) groups is 1. The van der Waals surface area contributed by atoms with Crippen LogP contribution in [0.15, 0.2) is 53.6 Å². The molecule has 0 atom stereocenters. The summed E-state index contributed by atoms with van der Waals surface area (Å²) >= 11 is 0. The van der Waals surface area contributed by atoms with Crippen molar-refractivity contribution in [2.45, 2.75) is 20.3 Å². The molecule has 1 fully saturated rings. The van der Waals surface area contributed by atoms with E-state index >= 15 is 0 Å². The predicted octanol–water partition coefficient (Wildman–Crippen LogP) is 3.72. The summed E-state index contributed by atoms with van der Waals surface area (Å²) in [5, 5.41) is 12.6. The molecule has 1 aliphatic heterocycles. The number of rotatable bonds is 7. The van der Waals surface area contributed by atoms with Crippen LogP contribution in [0.5, 0.6) is 0 Å². The number of nitrogens with zero attached hydrogens (tertiary/aromatic N) is 6. The number of likely N-dealkylation sites (N-methyl/N-ethyl adjacent to an activating group) is 1. The molecule has 190 valence electrons. The van der Waals surface area contributed by atoms with Gasteiger partial charge in [0.1, 0.15) is 11.5 Å². The highest BCUT2D eigenvalue weighted by molar-refractivity contribution is 5.99. The molecule has 10 heteroatoms. The lowest BCUT2D eigenvalue weighted by atomic mass is 10.1. The van der Waals surface area contributed by atoms with E-state index in [1.54, 1.807) is 12.4 Å². The molecule has 0 unspecified atom stereocenters. The highest BCUT2D eigenvalue weighted by atomic mass is 16.1. The summed E-state index contributed by atoms with van der Waals surface area (Å²) in [7, 11) is 2.15. The average Bonchev–Trinajstić information content (AvgIpc) is 3.52. The van der Waals surface area contributed by atoms with E-state index in [0.717, 1.165) is 70.8 Å². The Labute approximate surface area is 215 Å². The molecule has 1 saturated heterocycles. The van der Waals surface area contributed by atoms with Crippen molar-refractivity contribution in [2.24, 2.45) is 4.99 Å². The summed E-state index contributed by atoms with van der Waals surface area (Å²) < 4.78 is 0. The fraction of sp³-hybridized carbons (Fsp3) is 0.296. The molecular weight excluding hydrogens is 466 g/mol. The number of pyridine rings is 2. The zero-order valence-corrected chi connectivity index (χ0v) is 21.4. The van der Waals surface area contributed by atoms with Gasteiger partial charge in [-0.3, -0.25) is 19.9 Å². The van der Waals surface area contributed by atoms with Gasteiger partial charge in [-0.25, -0.2) is 4.98 Å². The van der Waals surface area contributed by atoms with Crippen LogP contribution in [0.3, 0.4) is 0 Å². The summed E-state index contributed by atoms with van der Waals surface area (Å²) in [6, 6.07) is 6.09. The first-order valence-corrected chi connectivity index (χ1v) is 12.4. The number of anilines is 1. The van der Waals surface area contributed by atoms with E-state index in [9.17, 15) is 4.79 Å². The summed E-state index contributed by atoms with van der Waals surface area (Å²) in [5.74, 6) is 0.941. The van der Waals surface area contributed by atoms with Crippen molar-refractivity contribution in [1.82, 2.24) is 35.4 Å². The topological polar surface area (TPSA) is 118 Å². The highest BCUT2D eigenvalue weighted by Crippen LogP contribution is 2.33. The minimum absolute atomic E-state index is 0.0514. The molecule has 5 rings (SSSR count). The van der Waals surface area contributed by atoms with Gasteiger partial charge in [-0.2, -0.15) is 5.10 Å². The Kier molecular flexibility index (Phi) is 6.82. The second kappa shape index (κ2) is 10.4. The maximum absolute atomic E-state index is 11.8. The van der Waals surface area contributed by atoms with E-state index in [0.29, 0.717) is 17.8 Å².